The lowest BCUT2D eigenvalue weighted by atomic mass is 10.1. The average molecular weight is 332 g/mol. The topological polar surface area (TPSA) is 41.5 Å². The number of aliphatic hydroxyl groups excluding tert-OH is 1. The summed E-state index contributed by atoms with van der Waals surface area (Å²) in [6.07, 6.45) is 4.45. The van der Waals surface area contributed by atoms with Gasteiger partial charge in [0.05, 0.1) is 5.02 Å². The van der Waals surface area contributed by atoms with E-state index >= 15 is 0 Å². The average Bonchev–Trinajstić information content (AvgIpc) is 3.28. The molecule has 0 aliphatic heterocycles. The lowest BCUT2D eigenvalue weighted by Gasteiger charge is -2.20. The molecule has 1 aliphatic rings. The molecule has 0 bridgehead atoms. The molecule has 1 saturated carbocycles. The van der Waals surface area contributed by atoms with Crippen LogP contribution in [0.15, 0.2) is 18.2 Å². The van der Waals surface area contributed by atoms with Gasteiger partial charge < -0.3 is 15.2 Å². The molecule has 0 spiro atoms. The molecular weight excluding hydrogens is 309 g/mol. The highest BCUT2D eigenvalue weighted by Gasteiger charge is 2.24. The molecule has 2 rings (SSSR count). The Morgan fingerprint density at radius 3 is 2.81 bits per heavy atom. The fourth-order valence-corrected chi connectivity index (χ4v) is 2.62. The Balaban J connectivity index is 1.70. The minimum atomic E-state index is -0.562. The first-order valence-electron chi connectivity index (χ1n) is 7.57. The number of hydrogen-bond donors (Lipinski definition) is 2. The maximum Gasteiger partial charge on any atom is 0.139 e. The summed E-state index contributed by atoms with van der Waals surface area (Å²) in [6.45, 7) is 2.91. The molecule has 1 fully saturated rings. The second-order valence-electron chi connectivity index (χ2n) is 5.73. The van der Waals surface area contributed by atoms with Crippen molar-refractivity contribution < 1.29 is 9.84 Å². The van der Waals surface area contributed by atoms with E-state index in [-0.39, 0.29) is 6.61 Å². The number of rotatable bonds is 9. The lowest BCUT2D eigenvalue weighted by molar-refractivity contribution is 0.103. The summed E-state index contributed by atoms with van der Waals surface area (Å²) in [5.74, 6) is 1.40. The molecule has 0 radical (unpaired) electrons. The van der Waals surface area contributed by atoms with Gasteiger partial charge in [0.15, 0.2) is 0 Å². The normalized spacial score (nSPS) is 17.5. The Morgan fingerprint density at radius 2 is 2.14 bits per heavy atom. The number of hydrogen-bond acceptors (Lipinski definition) is 3. The summed E-state index contributed by atoms with van der Waals surface area (Å²) in [5, 5.41) is 14.5. The SMILES string of the molecule is CCC(CC1CC1)NCC(O)COc1cc(Cl)ccc1Cl. The maximum atomic E-state index is 10.0. The molecular formula is C16H23Cl2NO2. The summed E-state index contributed by atoms with van der Waals surface area (Å²) in [7, 11) is 0. The van der Waals surface area contributed by atoms with Gasteiger partial charge >= 0.3 is 0 Å². The van der Waals surface area contributed by atoms with Gasteiger partial charge in [0.25, 0.3) is 0 Å². The molecule has 118 valence electrons. The molecule has 0 heterocycles. The fourth-order valence-electron chi connectivity index (χ4n) is 2.29. The van der Waals surface area contributed by atoms with Crippen molar-refractivity contribution in [2.24, 2.45) is 5.92 Å². The lowest BCUT2D eigenvalue weighted by Crippen LogP contribution is -2.38. The van der Waals surface area contributed by atoms with E-state index in [1.54, 1.807) is 18.2 Å². The zero-order chi connectivity index (χ0) is 15.2. The molecule has 3 nitrogen and oxygen atoms in total. The summed E-state index contributed by atoms with van der Waals surface area (Å²) in [6, 6.07) is 5.54. The van der Waals surface area contributed by atoms with Crippen LogP contribution < -0.4 is 10.1 Å². The van der Waals surface area contributed by atoms with Crippen molar-refractivity contribution in [3.05, 3.63) is 28.2 Å². The highest BCUT2D eigenvalue weighted by Crippen LogP contribution is 2.34. The third-order valence-corrected chi connectivity index (χ3v) is 4.32. The number of halogens is 2. The van der Waals surface area contributed by atoms with Crippen molar-refractivity contribution >= 4 is 23.2 Å². The van der Waals surface area contributed by atoms with Crippen LogP contribution in [0.3, 0.4) is 0 Å². The van der Waals surface area contributed by atoms with Gasteiger partial charge in [-0.25, -0.2) is 0 Å². The van der Waals surface area contributed by atoms with Crippen molar-refractivity contribution in [1.82, 2.24) is 5.32 Å². The van der Waals surface area contributed by atoms with Crippen LogP contribution in [0, 0.1) is 5.92 Å². The van der Waals surface area contributed by atoms with E-state index < -0.39 is 6.10 Å². The van der Waals surface area contributed by atoms with Crippen LogP contribution in [0.5, 0.6) is 5.75 Å². The highest BCUT2D eigenvalue weighted by molar-refractivity contribution is 6.34. The van der Waals surface area contributed by atoms with E-state index in [1.165, 1.54) is 19.3 Å². The first-order valence-corrected chi connectivity index (χ1v) is 8.33. The van der Waals surface area contributed by atoms with Crippen molar-refractivity contribution in [2.75, 3.05) is 13.2 Å². The van der Waals surface area contributed by atoms with Gasteiger partial charge in [0.1, 0.15) is 18.5 Å². The smallest absolute Gasteiger partial charge is 0.139 e. The second kappa shape index (κ2) is 8.23. The van der Waals surface area contributed by atoms with Crippen LogP contribution in [0.25, 0.3) is 0 Å². The van der Waals surface area contributed by atoms with Gasteiger partial charge in [-0.2, -0.15) is 0 Å². The van der Waals surface area contributed by atoms with E-state index in [4.69, 9.17) is 27.9 Å². The van der Waals surface area contributed by atoms with Gasteiger partial charge in [-0.1, -0.05) is 43.0 Å². The first kappa shape index (κ1) is 16.9. The molecule has 0 aromatic heterocycles. The molecule has 1 aliphatic carbocycles. The number of ether oxygens (including phenoxy) is 1. The highest BCUT2D eigenvalue weighted by atomic mass is 35.5. The minimum absolute atomic E-state index is 0.201. The number of nitrogens with one attached hydrogen (secondary N) is 1. The Bertz CT molecular complexity index is 452. The van der Waals surface area contributed by atoms with Gasteiger partial charge in [0.2, 0.25) is 0 Å². The zero-order valence-corrected chi connectivity index (χ0v) is 13.8. The quantitative estimate of drug-likeness (QED) is 0.721. The van der Waals surface area contributed by atoms with Crippen LogP contribution in [0.4, 0.5) is 0 Å². The van der Waals surface area contributed by atoms with Crippen molar-refractivity contribution in [2.45, 2.75) is 44.8 Å². The van der Waals surface area contributed by atoms with Crippen molar-refractivity contribution in [1.29, 1.82) is 0 Å². The second-order valence-corrected chi connectivity index (χ2v) is 6.58. The van der Waals surface area contributed by atoms with Crippen LogP contribution >= 0.6 is 23.2 Å². The minimum Gasteiger partial charge on any atom is -0.489 e. The first-order chi connectivity index (χ1) is 10.1. The van der Waals surface area contributed by atoms with Crippen molar-refractivity contribution in [3.63, 3.8) is 0 Å². The monoisotopic (exact) mass is 331 g/mol. The van der Waals surface area contributed by atoms with E-state index in [0.717, 1.165) is 12.3 Å². The molecule has 1 aromatic rings. The molecule has 2 atom stereocenters. The maximum absolute atomic E-state index is 10.0. The predicted octanol–water partition coefficient (Wildman–Crippen LogP) is 3.90. The molecule has 0 saturated heterocycles. The van der Waals surface area contributed by atoms with Gasteiger partial charge in [-0.05, 0) is 30.9 Å². The summed E-state index contributed by atoms with van der Waals surface area (Å²) in [5.41, 5.74) is 0. The van der Waals surface area contributed by atoms with E-state index in [0.29, 0.717) is 28.4 Å². The molecule has 5 heteroatoms. The van der Waals surface area contributed by atoms with Crippen LogP contribution in [-0.4, -0.2) is 30.4 Å². The van der Waals surface area contributed by atoms with Crippen molar-refractivity contribution in [3.8, 4) is 5.75 Å². The van der Waals surface area contributed by atoms with E-state index in [9.17, 15) is 5.11 Å². The number of benzene rings is 1. The molecule has 0 amide bonds. The molecule has 2 N–H and O–H groups in total. The van der Waals surface area contributed by atoms with Crippen LogP contribution in [0.2, 0.25) is 10.0 Å². The summed E-state index contributed by atoms with van der Waals surface area (Å²) < 4.78 is 5.53. The molecule has 2 unspecified atom stereocenters. The largest absolute Gasteiger partial charge is 0.489 e. The fraction of sp³-hybridized carbons (Fsp3) is 0.625. The molecule has 21 heavy (non-hydrogen) atoms. The third kappa shape index (κ3) is 6.03. The van der Waals surface area contributed by atoms with Gasteiger partial charge in [-0.3, -0.25) is 0 Å². The Hall–Kier alpha value is -0.480. The molecule has 1 aromatic carbocycles. The summed E-state index contributed by atoms with van der Waals surface area (Å²) in [4.78, 5) is 0. The Kier molecular flexibility index (Phi) is 6.62. The Labute approximate surface area is 136 Å². The number of aliphatic hydroxyl groups is 1. The van der Waals surface area contributed by atoms with E-state index in [1.807, 2.05) is 0 Å². The van der Waals surface area contributed by atoms with Gasteiger partial charge in [0, 0.05) is 23.7 Å². The predicted molar refractivity (Wildman–Crippen MR) is 87.4 cm³/mol. The third-order valence-electron chi connectivity index (χ3n) is 3.77. The van der Waals surface area contributed by atoms with Crippen LogP contribution in [0.1, 0.15) is 32.6 Å². The standard InChI is InChI=1S/C16H23Cl2NO2/c1-2-13(7-11-3-4-11)19-9-14(20)10-21-16-8-12(17)5-6-15(16)18/h5-6,8,11,13-14,19-20H,2-4,7,9-10H2,1H3. The van der Waals surface area contributed by atoms with Crippen LogP contribution in [-0.2, 0) is 0 Å². The summed E-state index contributed by atoms with van der Waals surface area (Å²) >= 11 is 11.9. The zero-order valence-electron chi connectivity index (χ0n) is 12.3. The van der Waals surface area contributed by atoms with Gasteiger partial charge in [-0.15, -0.1) is 0 Å². The van der Waals surface area contributed by atoms with E-state index in [2.05, 4.69) is 12.2 Å². The Morgan fingerprint density at radius 1 is 1.38 bits per heavy atom.